The minimum Gasteiger partial charge on any atom is -0.455 e. The van der Waals surface area contributed by atoms with Crippen LogP contribution in [0, 0.1) is 0 Å². The van der Waals surface area contributed by atoms with Crippen molar-refractivity contribution in [1.82, 2.24) is 0 Å². The van der Waals surface area contributed by atoms with E-state index < -0.39 is 5.41 Å². The van der Waals surface area contributed by atoms with E-state index in [9.17, 15) is 0 Å². The summed E-state index contributed by atoms with van der Waals surface area (Å²) in [6.45, 7) is 21.2. The Kier molecular flexibility index (Phi) is 11.5. The number of anilines is 3. The number of hydrogen-bond acceptors (Lipinski definition) is 2. The first-order valence-electron chi connectivity index (χ1n) is 26.7. The summed E-state index contributed by atoms with van der Waals surface area (Å²) in [7, 11) is 0. The van der Waals surface area contributed by atoms with Crippen molar-refractivity contribution in [3.8, 4) is 44.5 Å². The van der Waals surface area contributed by atoms with Crippen LogP contribution in [-0.2, 0) is 21.7 Å². The third kappa shape index (κ3) is 8.19. The molecule has 75 heavy (non-hydrogen) atoms. The van der Waals surface area contributed by atoms with Crippen molar-refractivity contribution >= 4 is 39.0 Å². The predicted molar refractivity (Wildman–Crippen MR) is 318 cm³/mol. The lowest BCUT2D eigenvalue weighted by Gasteiger charge is -2.38. The van der Waals surface area contributed by atoms with Crippen LogP contribution in [0.15, 0.2) is 235 Å². The molecular formula is C73H65NO. The van der Waals surface area contributed by atoms with Crippen LogP contribution in [-0.4, -0.2) is 0 Å². The third-order valence-electron chi connectivity index (χ3n) is 15.8. The molecule has 1 aliphatic carbocycles. The number of fused-ring (bicyclic) bond motifs is 6. The van der Waals surface area contributed by atoms with Crippen molar-refractivity contribution in [3.63, 3.8) is 0 Å². The molecule has 12 rings (SSSR count). The van der Waals surface area contributed by atoms with E-state index in [-0.39, 0.29) is 16.2 Å². The topological polar surface area (TPSA) is 16.4 Å². The Morgan fingerprint density at radius 1 is 0.360 bits per heavy atom. The molecule has 1 aliphatic rings. The summed E-state index contributed by atoms with van der Waals surface area (Å²) >= 11 is 0. The molecule has 1 heterocycles. The summed E-state index contributed by atoms with van der Waals surface area (Å²) in [5.41, 5.74) is 22.9. The minimum absolute atomic E-state index is 0.0447. The summed E-state index contributed by atoms with van der Waals surface area (Å²) in [5, 5.41) is 2.26. The Hall–Kier alpha value is -8.20. The van der Waals surface area contributed by atoms with Gasteiger partial charge in [0.1, 0.15) is 11.2 Å². The molecule has 0 saturated heterocycles. The van der Waals surface area contributed by atoms with Crippen LogP contribution in [0.1, 0.15) is 101 Å². The fourth-order valence-electron chi connectivity index (χ4n) is 11.9. The molecule has 0 aliphatic heterocycles. The molecular weight excluding hydrogens is 907 g/mol. The second kappa shape index (κ2) is 18.0. The highest BCUT2D eigenvalue weighted by atomic mass is 16.3. The van der Waals surface area contributed by atoms with Crippen LogP contribution >= 0.6 is 0 Å². The second-order valence-electron chi connectivity index (χ2n) is 23.7. The maximum Gasteiger partial charge on any atom is 0.143 e. The van der Waals surface area contributed by atoms with E-state index in [1.807, 2.05) is 6.07 Å². The highest BCUT2D eigenvalue weighted by Crippen LogP contribution is 2.62. The van der Waals surface area contributed by atoms with Gasteiger partial charge in [-0.25, -0.2) is 0 Å². The summed E-state index contributed by atoms with van der Waals surface area (Å²) < 4.78 is 6.56. The first-order chi connectivity index (χ1) is 36.1. The van der Waals surface area contributed by atoms with E-state index in [1.54, 1.807) is 0 Å². The van der Waals surface area contributed by atoms with Crippen LogP contribution < -0.4 is 4.90 Å². The van der Waals surface area contributed by atoms with Crippen molar-refractivity contribution < 1.29 is 4.42 Å². The van der Waals surface area contributed by atoms with Crippen molar-refractivity contribution in [2.45, 2.75) is 84.0 Å². The highest BCUT2D eigenvalue weighted by molar-refractivity contribution is 6.09. The third-order valence-corrected chi connectivity index (χ3v) is 15.8. The maximum atomic E-state index is 6.56. The van der Waals surface area contributed by atoms with Gasteiger partial charge in [0.2, 0.25) is 0 Å². The van der Waals surface area contributed by atoms with Gasteiger partial charge in [0.05, 0.1) is 5.41 Å². The van der Waals surface area contributed by atoms with Gasteiger partial charge in [-0.3, -0.25) is 0 Å². The van der Waals surface area contributed by atoms with Gasteiger partial charge in [-0.1, -0.05) is 250 Å². The SMILES string of the molecule is CC(C)(C)c1cc(-c2ccc(C(C)(C)C)c3c2-c2ccc(N(c4ccc(-c5ccccc5)cc4)c4ccc(-c5cccc6c5oc5ccccc56)cc4)cc2C3(c2ccccc2)c2ccccc2)cc(C(C)(C)C)c1. The molecule has 0 saturated carbocycles. The average molecular weight is 972 g/mol. The Morgan fingerprint density at radius 2 is 0.867 bits per heavy atom. The molecule has 0 N–H and O–H groups in total. The van der Waals surface area contributed by atoms with Crippen LogP contribution in [0.2, 0.25) is 0 Å². The van der Waals surface area contributed by atoms with Gasteiger partial charge in [-0.15, -0.1) is 0 Å². The molecule has 10 aromatic carbocycles. The van der Waals surface area contributed by atoms with Crippen LogP contribution in [0.4, 0.5) is 17.1 Å². The molecule has 0 bridgehead atoms. The zero-order valence-electron chi connectivity index (χ0n) is 44.8. The molecule has 0 atom stereocenters. The standard InChI is InChI=1S/C73H65NO/c1-70(2,3)54-44-51(45-55(46-54)71(4,5)6)59-42-43-64(72(7,8)9)68-67(59)63-41-40-58(47-65(63)73(68,52-24-15-11-16-25-52)53-26-17-12-18-27-53)74(56-36-32-49(33-37-56)48-22-13-10-14-23-48)57-38-34-50(35-39-57)60-29-21-30-62-61-28-19-20-31-66(61)75-69(60)62/h10-47H,1-9H3. The van der Waals surface area contributed by atoms with Crippen LogP contribution in [0.5, 0.6) is 0 Å². The zero-order valence-corrected chi connectivity index (χ0v) is 44.8. The van der Waals surface area contributed by atoms with Crippen molar-refractivity contribution in [1.29, 1.82) is 0 Å². The van der Waals surface area contributed by atoms with Gasteiger partial charge >= 0.3 is 0 Å². The van der Waals surface area contributed by atoms with Crippen molar-refractivity contribution in [2.24, 2.45) is 0 Å². The lowest BCUT2D eigenvalue weighted by molar-refractivity contribution is 0.569. The number of rotatable bonds is 8. The molecule has 11 aromatic rings. The number of benzene rings is 10. The van der Waals surface area contributed by atoms with Crippen molar-refractivity contribution in [2.75, 3.05) is 4.90 Å². The first kappa shape index (κ1) is 47.8. The molecule has 2 nitrogen and oxygen atoms in total. The number of nitrogens with zero attached hydrogens (tertiary/aromatic N) is 1. The van der Waals surface area contributed by atoms with E-state index in [0.29, 0.717) is 0 Å². The van der Waals surface area contributed by atoms with E-state index in [4.69, 9.17) is 4.42 Å². The minimum atomic E-state index is -0.672. The summed E-state index contributed by atoms with van der Waals surface area (Å²) in [6, 6.07) is 85.8. The Labute approximate surface area is 444 Å². The lowest BCUT2D eigenvalue weighted by Crippen LogP contribution is -2.32. The fourth-order valence-corrected chi connectivity index (χ4v) is 11.9. The number of furan rings is 1. The van der Waals surface area contributed by atoms with Crippen LogP contribution in [0.3, 0.4) is 0 Å². The van der Waals surface area contributed by atoms with Gasteiger partial charge in [0, 0.05) is 33.4 Å². The van der Waals surface area contributed by atoms with E-state index >= 15 is 0 Å². The number of para-hydroxylation sites is 2. The summed E-state index contributed by atoms with van der Waals surface area (Å²) in [6.07, 6.45) is 0. The highest BCUT2D eigenvalue weighted by Gasteiger charge is 2.50. The average Bonchev–Trinajstić information content (AvgIpc) is 3.97. The second-order valence-corrected chi connectivity index (χ2v) is 23.7. The molecule has 0 radical (unpaired) electrons. The molecule has 0 unspecified atom stereocenters. The van der Waals surface area contributed by atoms with E-state index in [1.165, 1.54) is 72.3 Å². The Bertz CT molecular complexity index is 3830. The maximum absolute atomic E-state index is 6.56. The van der Waals surface area contributed by atoms with Gasteiger partial charge in [-0.05, 0) is 137 Å². The lowest BCUT2D eigenvalue weighted by atomic mass is 9.64. The first-order valence-corrected chi connectivity index (χ1v) is 26.7. The molecule has 0 fully saturated rings. The number of hydrogen-bond donors (Lipinski definition) is 0. The van der Waals surface area contributed by atoms with Gasteiger partial charge in [0.15, 0.2) is 0 Å². The quantitative estimate of drug-likeness (QED) is 0.151. The van der Waals surface area contributed by atoms with Crippen molar-refractivity contribution in [3.05, 3.63) is 269 Å². The Morgan fingerprint density at radius 3 is 1.45 bits per heavy atom. The molecule has 0 spiro atoms. The smallest absolute Gasteiger partial charge is 0.143 e. The molecule has 1 aromatic heterocycles. The van der Waals surface area contributed by atoms with Gasteiger partial charge in [-0.2, -0.15) is 0 Å². The van der Waals surface area contributed by atoms with Gasteiger partial charge in [0.25, 0.3) is 0 Å². The summed E-state index contributed by atoms with van der Waals surface area (Å²) in [5.74, 6) is 0. The van der Waals surface area contributed by atoms with Crippen LogP contribution in [0.25, 0.3) is 66.4 Å². The zero-order chi connectivity index (χ0) is 51.9. The summed E-state index contributed by atoms with van der Waals surface area (Å²) in [4.78, 5) is 2.44. The Balaban J connectivity index is 1.13. The van der Waals surface area contributed by atoms with E-state index in [0.717, 1.165) is 50.1 Å². The monoisotopic (exact) mass is 972 g/mol. The normalized spacial score (nSPS) is 13.2. The fraction of sp³-hybridized carbons (Fsp3) is 0.178. The molecule has 0 amide bonds. The largest absolute Gasteiger partial charge is 0.455 e. The molecule has 2 heteroatoms. The van der Waals surface area contributed by atoms with Gasteiger partial charge < -0.3 is 9.32 Å². The predicted octanol–water partition coefficient (Wildman–Crippen LogP) is 20.3. The van der Waals surface area contributed by atoms with E-state index in [2.05, 4.69) is 292 Å². The molecule has 368 valence electrons.